The van der Waals surface area contributed by atoms with Crippen molar-refractivity contribution in [1.82, 2.24) is 10.6 Å². The number of carbonyl (C=O) groups excluding carboxylic acids is 2. The van der Waals surface area contributed by atoms with E-state index in [2.05, 4.69) is 16.7 Å². The van der Waals surface area contributed by atoms with E-state index < -0.39 is 11.7 Å². The fourth-order valence-electron chi connectivity index (χ4n) is 2.79. The van der Waals surface area contributed by atoms with Gasteiger partial charge < -0.3 is 19.8 Å². The average molecular weight is 447 g/mol. The third kappa shape index (κ3) is 6.27. The van der Waals surface area contributed by atoms with E-state index in [0.717, 1.165) is 10.9 Å². The Balaban J connectivity index is 1.56. The molecule has 0 saturated carbocycles. The average Bonchev–Trinajstić information content (AvgIpc) is 3.32. The lowest BCUT2D eigenvalue weighted by Gasteiger charge is -2.19. The van der Waals surface area contributed by atoms with Crippen LogP contribution in [0.25, 0.3) is 11.0 Å². The first-order chi connectivity index (χ1) is 14.3. The smallest absolute Gasteiger partial charge is 0.407 e. The first-order valence-corrected chi connectivity index (χ1v) is 11.6. The Morgan fingerprint density at radius 2 is 1.87 bits per heavy atom. The standard InChI is InChI=1S/C22H26N2O4S2/c1-22(2,3)28-21(26)24-12-7-11-23-20(25)19-16(14-30-18-10-6-13-29-18)15-8-4-5-9-17(15)27-19/h4-6,8-10,13H,7,11-12,14H2,1-3H3,(H,23,25)(H,24,26). The molecule has 8 heteroatoms. The van der Waals surface area contributed by atoms with E-state index in [9.17, 15) is 9.59 Å². The summed E-state index contributed by atoms with van der Waals surface area (Å²) in [6, 6.07) is 11.8. The van der Waals surface area contributed by atoms with Gasteiger partial charge in [0, 0.05) is 29.8 Å². The second-order valence-corrected chi connectivity index (χ2v) is 9.89. The summed E-state index contributed by atoms with van der Waals surface area (Å²) < 4.78 is 12.3. The topological polar surface area (TPSA) is 80.6 Å². The molecule has 160 valence electrons. The molecule has 0 unspecified atom stereocenters. The van der Waals surface area contributed by atoms with Crippen LogP contribution in [0, 0.1) is 0 Å². The molecule has 0 aliphatic rings. The molecular formula is C22H26N2O4S2. The van der Waals surface area contributed by atoms with Crippen LogP contribution in [0.4, 0.5) is 4.79 Å². The number of thioether (sulfide) groups is 1. The fraction of sp³-hybridized carbons (Fsp3) is 0.364. The molecule has 6 nitrogen and oxygen atoms in total. The third-order valence-electron chi connectivity index (χ3n) is 4.07. The maximum atomic E-state index is 12.8. The summed E-state index contributed by atoms with van der Waals surface area (Å²) in [4.78, 5) is 24.4. The number of fused-ring (bicyclic) bond motifs is 1. The molecule has 2 heterocycles. The van der Waals surface area contributed by atoms with Gasteiger partial charge in [0.1, 0.15) is 11.2 Å². The van der Waals surface area contributed by atoms with Crippen LogP contribution in [-0.2, 0) is 10.5 Å². The summed E-state index contributed by atoms with van der Waals surface area (Å²) in [6.07, 6.45) is 0.129. The lowest BCUT2D eigenvalue weighted by molar-refractivity contribution is 0.0527. The highest BCUT2D eigenvalue weighted by molar-refractivity contribution is 8.00. The summed E-state index contributed by atoms with van der Waals surface area (Å²) in [5, 5.41) is 8.56. The first kappa shape index (κ1) is 22.2. The van der Waals surface area contributed by atoms with E-state index in [0.29, 0.717) is 36.6 Å². The number of thiophene rings is 1. The fourth-order valence-corrected chi connectivity index (χ4v) is 4.60. The third-order valence-corrected chi connectivity index (χ3v) is 6.22. The highest BCUT2D eigenvalue weighted by atomic mass is 32.2. The van der Waals surface area contributed by atoms with Gasteiger partial charge in [-0.3, -0.25) is 4.79 Å². The summed E-state index contributed by atoms with van der Waals surface area (Å²) in [6.45, 7) is 6.27. The molecule has 0 fully saturated rings. The van der Waals surface area contributed by atoms with E-state index in [1.807, 2.05) is 56.5 Å². The number of furan rings is 1. The van der Waals surface area contributed by atoms with Gasteiger partial charge in [0.05, 0.1) is 4.21 Å². The minimum atomic E-state index is -0.531. The SMILES string of the molecule is CC(C)(C)OC(=O)NCCCNC(=O)c1oc2ccccc2c1CSc1cccs1. The van der Waals surface area contributed by atoms with Crippen LogP contribution >= 0.6 is 23.1 Å². The van der Waals surface area contributed by atoms with Crippen molar-refractivity contribution in [1.29, 1.82) is 0 Å². The molecule has 0 aliphatic heterocycles. The Bertz CT molecular complexity index is 990. The molecule has 2 aromatic heterocycles. The van der Waals surface area contributed by atoms with Crippen molar-refractivity contribution < 1.29 is 18.7 Å². The molecule has 0 aliphatic carbocycles. The van der Waals surface area contributed by atoms with E-state index in [-0.39, 0.29) is 5.91 Å². The summed E-state index contributed by atoms with van der Waals surface area (Å²) in [7, 11) is 0. The number of benzene rings is 1. The van der Waals surface area contributed by atoms with Crippen molar-refractivity contribution >= 4 is 46.1 Å². The molecule has 3 aromatic rings. The van der Waals surface area contributed by atoms with Crippen LogP contribution in [0.1, 0.15) is 43.3 Å². The molecule has 0 spiro atoms. The van der Waals surface area contributed by atoms with Crippen LogP contribution in [-0.4, -0.2) is 30.7 Å². The highest BCUT2D eigenvalue weighted by Crippen LogP contribution is 2.33. The largest absolute Gasteiger partial charge is 0.451 e. The van der Waals surface area contributed by atoms with Crippen LogP contribution < -0.4 is 10.6 Å². The summed E-state index contributed by atoms with van der Waals surface area (Å²) in [5.74, 6) is 0.756. The number of carbonyl (C=O) groups is 2. The minimum Gasteiger partial charge on any atom is -0.451 e. The Hall–Kier alpha value is -2.45. The Kier molecular flexibility index (Phi) is 7.44. The van der Waals surface area contributed by atoms with Crippen molar-refractivity contribution in [2.24, 2.45) is 0 Å². The Labute approximate surface area is 184 Å². The van der Waals surface area contributed by atoms with E-state index in [4.69, 9.17) is 9.15 Å². The lowest BCUT2D eigenvalue weighted by Crippen LogP contribution is -2.34. The van der Waals surface area contributed by atoms with Gasteiger partial charge in [-0.25, -0.2) is 4.79 Å². The molecular weight excluding hydrogens is 420 g/mol. The van der Waals surface area contributed by atoms with Gasteiger partial charge in [-0.2, -0.15) is 0 Å². The van der Waals surface area contributed by atoms with Crippen molar-refractivity contribution in [3.8, 4) is 0 Å². The zero-order chi connectivity index (χ0) is 21.6. The van der Waals surface area contributed by atoms with Crippen LogP contribution in [0.3, 0.4) is 0 Å². The molecule has 0 bridgehead atoms. The van der Waals surface area contributed by atoms with Crippen molar-refractivity contribution in [2.45, 2.75) is 42.8 Å². The van der Waals surface area contributed by atoms with Gasteiger partial charge in [0.25, 0.3) is 5.91 Å². The molecule has 30 heavy (non-hydrogen) atoms. The maximum Gasteiger partial charge on any atom is 0.407 e. The van der Waals surface area contributed by atoms with Gasteiger partial charge in [0.15, 0.2) is 5.76 Å². The molecule has 1 aromatic carbocycles. The maximum absolute atomic E-state index is 12.8. The van der Waals surface area contributed by atoms with Gasteiger partial charge in [-0.05, 0) is 44.7 Å². The minimum absolute atomic E-state index is 0.245. The number of alkyl carbamates (subject to hydrolysis) is 1. The van der Waals surface area contributed by atoms with Crippen molar-refractivity contribution in [3.63, 3.8) is 0 Å². The van der Waals surface area contributed by atoms with Crippen molar-refractivity contribution in [2.75, 3.05) is 13.1 Å². The number of hydrogen-bond donors (Lipinski definition) is 2. The second kappa shape index (κ2) is 10.0. The predicted octanol–water partition coefficient (Wildman–Crippen LogP) is 5.43. The normalized spacial score (nSPS) is 11.4. The summed E-state index contributed by atoms with van der Waals surface area (Å²) in [5.41, 5.74) is 1.07. The number of nitrogens with one attached hydrogen (secondary N) is 2. The van der Waals surface area contributed by atoms with Crippen LogP contribution in [0.15, 0.2) is 50.4 Å². The first-order valence-electron chi connectivity index (χ1n) is 9.75. The zero-order valence-electron chi connectivity index (χ0n) is 17.3. The number of amides is 2. The van der Waals surface area contributed by atoms with E-state index in [1.54, 1.807) is 23.1 Å². The molecule has 0 atom stereocenters. The van der Waals surface area contributed by atoms with E-state index in [1.165, 1.54) is 4.21 Å². The van der Waals surface area contributed by atoms with Crippen LogP contribution in [0.2, 0.25) is 0 Å². The predicted molar refractivity (Wildman–Crippen MR) is 121 cm³/mol. The van der Waals surface area contributed by atoms with E-state index >= 15 is 0 Å². The van der Waals surface area contributed by atoms with Crippen molar-refractivity contribution in [3.05, 3.63) is 53.1 Å². The molecule has 3 rings (SSSR count). The van der Waals surface area contributed by atoms with Gasteiger partial charge in [-0.1, -0.05) is 24.3 Å². The highest BCUT2D eigenvalue weighted by Gasteiger charge is 2.20. The Morgan fingerprint density at radius 3 is 2.60 bits per heavy atom. The molecule has 0 saturated heterocycles. The number of para-hydroxylation sites is 1. The number of rotatable bonds is 8. The monoisotopic (exact) mass is 446 g/mol. The van der Waals surface area contributed by atoms with Gasteiger partial charge in [0.2, 0.25) is 0 Å². The second-order valence-electron chi connectivity index (χ2n) is 7.66. The molecule has 2 amide bonds. The Morgan fingerprint density at radius 1 is 1.10 bits per heavy atom. The van der Waals surface area contributed by atoms with Crippen LogP contribution in [0.5, 0.6) is 0 Å². The summed E-state index contributed by atoms with van der Waals surface area (Å²) >= 11 is 3.36. The zero-order valence-corrected chi connectivity index (χ0v) is 19.0. The number of ether oxygens (including phenoxy) is 1. The van der Waals surface area contributed by atoms with Gasteiger partial charge >= 0.3 is 6.09 Å². The van der Waals surface area contributed by atoms with Gasteiger partial charge in [-0.15, -0.1) is 23.1 Å². The lowest BCUT2D eigenvalue weighted by atomic mass is 10.1. The molecule has 2 N–H and O–H groups in total. The molecule has 0 radical (unpaired) electrons. The number of hydrogen-bond acceptors (Lipinski definition) is 6. The quantitative estimate of drug-likeness (QED) is 0.356.